The van der Waals surface area contributed by atoms with Crippen molar-refractivity contribution in [1.82, 2.24) is 19.7 Å². The summed E-state index contributed by atoms with van der Waals surface area (Å²) < 4.78 is 14.5. The van der Waals surface area contributed by atoms with Crippen LogP contribution >= 0.6 is 11.8 Å². The SMILES string of the molecule is Cn1ncc2c(NCCCSc3ccc(F)cc3)ncnc21. The summed E-state index contributed by atoms with van der Waals surface area (Å²) in [6.45, 7) is 0.815. The van der Waals surface area contributed by atoms with Gasteiger partial charge in [-0.3, -0.25) is 4.68 Å². The van der Waals surface area contributed by atoms with Crippen molar-refractivity contribution in [3.63, 3.8) is 0 Å². The van der Waals surface area contributed by atoms with Gasteiger partial charge in [0, 0.05) is 18.5 Å². The van der Waals surface area contributed by atoms with Crippen LogP contribution in [-0.4, -0.2) is 32.0 Å². The number of thioether (sulfide) groups is 1. The first kappa shape index (κ1) is 14.8. The smallest absolute Gasteiger partial charge is 0.163 e. The molecule has 3 aromatic rings. The number of hydrogen-bond donors (Lipinski definition) is 1. The standard InChI is InChI=1S/C15H16FN5S/c1-21-15-13(9-20-21)14(18-10-19-15)17-7-2-8-22-12-5-3-11(16)4-6-12/h3-6,9-10H,2,7-8H2,1H3,(H,17,18,19). The molecule has 0 aliphatic heterocycles. The Morgan fingerprint density at radius 2 is 2.05 bits per heavy atom. The van der Waals surface area contributed by atoms with Crippen LogP contribution < -0.4 is 5.32 Å². The van der Waals surface area contributed by atoms with E-state index in [2.05, 4.69) is 20.4 Å². The predicted octanol–water partition coefficient (Wildman–Crippen LogP) is 3.10. The lowest BCUT2D eigenvalue weighted by atomic mass is 10.3. The Hall–Kier alpha value is -2.15. The molecule has 0 amide bonds. The third-order valence-electron chi connectivity index (χ3n) is 3.23. The third kappa shape index (κ3) is 3.36. The highest BCUT2D eigenvalue weighted by atomic mass is 32.2. The molecule has 2 aromatic heterocycles. The fourth-order valence-corrected chi connectivity index (χ4v) is 2.96. The van der Waals surface area contributed by atoms with Gasteiger partial charge in [0.1, 0.15) is 18.0 Å². The van der Waals surface area contributed by atoms with Crippen molar-refractivity contribution in [1.29, 1.82) is 0 Å². The lowest BCUT2D eigenvalue weighted by Crippen LogP contribution is -2.05. The van der Waals surface area contributed by atoms with Crippen LogP contribution in [0.25, 0.3) is 11.0 Å². The third-order valence-corrected chi connectivity index (χ3v) is 4.32. The maximum Gasteiger partial charge on any atom is 0.163 e. The number of anilines is 1. The molecule has 0 atom stereocenters. The van der Waals surface area contributed by atoms with Crippen molar-refractivity contribution in [2.24, 2.45) is 7.05 Å². The van der Waals surface area contributed by atoms with Gasteiger partial charge in [-0.2, -0.15) is 5.10 Å². The average molecular weight is 317 g/mol. The number of fused-ring (bicyclic) bond motifs is 1. The topological polar surface area (TPSA) is 55.6 Å². The number of benzene rings is 1. The van der Waals surface area contributed by atoms with Gasteiger partial charge in [0.25, 0.3) is 0 Å². The molecule has 0 spiro atoms. The van der Waals surface area contributed by atoms with Gasteiger partial charge in [-0.25, -0.2) is 14.4 Å². The molecule has 3 rings (SSSR count). The zero-order valence-electron chi connectivity index (χ0n) is 12.2. The Bertz CT molecular complexity index is 756. The first-order chi connectivity index (χ1) is 10.7. The first-order valence-corrected chi connectivity index (χ1v) is 7.97. The van der Waals surface area contributed by atoms with Gasteiger partial charge >= 0.3 is 0 Å². The Balaban J connectivity index is 1.49. The monoisotopic (exact) mass is 317 g/mol. The number of nitrogens with zero attached hydrogens (tertiary/aromatic N) is 4. The summed E-state index contributed by atoms with van der Waals surface area (Å²) in [7, 11) is 1.86. The van der Waals surface area contributed by atoms with Crippen LogP contribution in [0, 0.1) is 5.82 Å². The molecule has 114 valence electrons. The number of hydrogen-bond acceptors (Lipinski definition) is 5. The fraction of sp³-hybridized carbons (Fsp3) is 0.267. The Morgan fingerprint density at radius 1 is 1.23 bits per heavy atom. The highest BCUT2D eigenvalue weighted by Gasteiger charge is 2.06. The van der Waals surface area contributed by atoms with Crippen LogP contribution in [0.15, 0.2) is 41.7 Å². The molecule has 0 aliphatic carbocycles. The molecular weight excluding hydrogens is 301 g/mol. The Morgan fingerprint density at radius 3 is 2.86 bits per heavy atom. The predicted molar refractivity (Wildman–Crippen MR) is 86.5 cm³/mol. The molecule has 1 N–H and O–H groups in total. The van der Waals surface area contributed by atoms with E-state index in [1.54, 1.807) is 41.1 Å². The van der Waals surface area contributed by atoms with E-state index < -0.39 is 0 Å². The van der Waals surface area contributed by atoms with Gasteiger partial charge in [-0.15, -0.1) is 11.8 Å². The van der Waals surface area contributed by atoms with E-state index in [0.29, 0.717) is 0 Å². The molecular formula is C15H16FN5S. The van der Waals surface area contributed by atoms with Gasteiger partial charge in [-0.05, 0) is 36.4 Å². The Kier molecular flexibility index (Phi) is 4.53. The number of nitrogens with one attached hydrogen (secondary N) is 1. The second kappa shape index (κ2) is 6.74. The van der Waals surface area contributed by atoms with Crippen LogP contribution in [0.3, 0.4) is 0 Å². The van der Waals surface area contributed by atoms with Crippen molar-refractivity contribution in [3.8, 4) is 0 Å². The largest absolute Gasteiger partial charge is 0.369 e. The minimum atomic E-state index is -0.199. The summed E-state index contributed by atoms with van der Waals surface area (Å²) in [4.78, 5) is 9.55. The number of halogens is 1. The van der Waals surface area contributed by atoms with E-state index in [4.69, 9.17) is 0 Å². The van der Waals surface area contributed by atoms with Crippen molar-refractivity contribution < 1.29 is 4.39 Å². The summed E-state index contributed by atoms with van der Waals surface area (Å²) in [6, 6.07) is 6.58. The van der Waals surface area contributed by atoms with Crippen LogP contribution in [0.4, 0.5) is 10.2 Å². The van der Waals surface area contributed by atoms with Crippen LogP contribution in [0.2, 0.25) is 0 Å². The molecule has 2 heterocycles. The van der Waals surface area contributed by atoms with Gasteiger partial charge in [-0.1, -0.05) is 0 Å². The molecule has 0 fully saturated rings. The summed E-state index contributed by atoms with van der Waals surface area (Å²) in [5.74, 6) is 1.57. The number of aryl methyl sites for hydroxylation is 1. The first-order valence-electron chi connectivity index (χ1n) is 6.99. The van der Waals surface area contributed by atoms with Gasteiger partial charge < -0.3 is 5.32 Å². The molecule has 0 saturated carbocycles. The maximum atomic E-state index is 12.8. The van der Waals surface area contributed by atoms with E-state index in [9.17, 15) is 4.39 Å². The lowest BCUT2D eigenvalue weighted by Gasteiger charge is -2.06. The van der Waals surface area contributed by atoms with Crippen molar-refractivity contribution in [2.45, 2.75) is 11.3 Å². The Labute approximate surface area is 132 Å². The van der Waals surface area contributed by atoms with Gasteiger partial charge in [0.15, 0.2) is 5.65 Å². The van der Waals surface area contributed by atoms with Crippen molar-refractivity contribution >= 4 is 28.6 Å². The second-order valence-corrected chi connectivity index (χ2v) is 5.98. The minimum Gasteiger partial charge on any atom is -0.369 e. The summed E-state index contributed by atoms with van der Waals surface area (Å²) in [6.07, 6.45) is 4.29. The lowest BCUT2D eigenvalue weighted by molar-refractivity contribution is 0.626. The average Bonchev–Trinajstić information content (AvgIpc) is 2.91. The van der Waals surface area contributed by atoms with Crippen molar-refractivity contribution in [2.75, 3.05) is 17.6 Å². The minimum absolute atomic E-state index is 0.199. The summed E-state index contributed by atoms with van der Waals surface area (Å²) in [5.41, 5.74) is 0.818. The van der Waals surface area contributed by atoms with E-state index in [1.165, 1.54) is 12.1 Å². The normalized spacial score (nSPS) is 11.0. The van der Waals surface area contributed by atoms with E-state index in [0.717, 1.165) is 40.5 Å². The molecule has 1 aromatic carbocycles. The quantitative estimate of drug-likeness (QED) is 0.559. The van der Waals surface area contributed by atoms with Gasteiger partial charge in [0.05, 0.1) is 11.6 Å². The summed E-state index contributed by atoms with van der Waals surface area (Å²) in [5, 5.41) is 8.43. The molecule has 0 radical (unpaired) electrons. The molecule has 0 saturated heterocycles. The van der Waals surface area contributed by atoms with E-state index >= 15 is 0 Å². The maximum absolute atomic E-state index is 12.8. The highest BCUT2D eigenvalue weighted by molar-refractivity contribution is 7.99. The zero-order chi connectivity index (χ0) is 15.4. The van der Waals surface area contributed by atoms with Crippen molar-refractivity contribution in [3.05, 3.63) is 42.6 Å². The molecule has 0 unspecified atom stereocenters. The van der Waals surface area contributed by atoms with E-state index in [-0.39, 0.29) is 5.82 Å². The van der Waals surface area contributed by atoms with E-state index in [1.807, 2.05) is 7.05 Å². The zero-order valence-corrected chi connectivity index (χ0v) is 13.0. The molecule has 0 aliphatic rings. The molecule has 7 heteroatoms. The number of rotatable bonds is 6. The molecule has 0 bridgehead atoms. The highest BCUT2D eigenvalue weighted by Crippen LogP contribution is 2.20. The fourth-order valence-electron chi connectivity index (χ4n) is 2.10. The molecule has 22 heavy (non-hydrogen) atoms. The second-order valence-electron chi connectivity index (χ2n) is 4.81. The van der Waals surface area contributed by atoms with Crippen LogP contribution in [-0.2, 0) is 7.05 Å². The summed E-state index contributed by atoms with van der Waals surface area (Å²) >= 11 is 1.72. The van der Waals surface area contributed by atoms with Crippen LogP contribution in [0.5, 0.6) is 0 Å². The molecule has 5 nitrogen and oxygen atoms in total. The van der Waals surface area contributed by atoms with Crippen LogP contribution in [0.1, 0.15) is 6.42 Å². The van der Waals surface area contributed by atoms with Gasteiger partial charge in [0.2, 0.25) is 0 Å². The number of aromatic nitrogens is 4.